The number of thiophene rings is 1. The van der Waals surface area contributed by atoms with Crippen molar-refractivity contribution in [1.29, 1.82) is 0 Å². The lowest BCUT2D eigenvalue weighted by molar-refractivity contribution is 0.0738. The molecule has 0 saturated carbocycles. The van der Waals surface area contributed by atoms with Crippen LogP contribution in [0.5, 0.6) is 0 Å². The van der Waals surface area contributed by atoms with Gasteiger partial charge in [-0.25, -0.2) is 0 Å². The average molecular weight is 258 g/mol. The Morgan fingerprint density at radius 2 is 2.00 bits per heavy atom. The van der Waals surface area contributed by atoms with Gasteiger partial charge < -0.3 is 10.2 Å². The topological polar surface area (TPSA) is 32.3 Å². The number of nitrogens with one attached hydrogen (secondary N) is 1. The average Bonchev–Trinajstić information content (AvgIpc) is 2.80. The minimum absolute atomic E-state index is 0.0638. The van der Waals surface area contributed by atoms with Gasteiger partial charge in [0.15, 0.2) is 0 Å². The summed E-state index contributed by atoms with van der Waals surface area (Å²) in [5.41, 5.74) is 1.65. The fourth-order valence-corrected chi connectivity index (χ4v) is 3.18. The highest BCUT2D eigenvalue weighted by Crippen LogP contribution is 2.34. The second-order valence-electron chi connectivity index (χ2n) is 4.46. The molecule has 3 rings (SSSR count). The first kappa shape index (κ1) is 11.3. The summed E-state index contributed by atoms with van der Waals surface area (Å²) in [6.45, 7) is 2.08. The molecule has 1 atom stereocenters. The Kier molecular flexibility index (Phi) is 2.59. The monoisotopic (exact) mass is 258 g/mol. The Labute approximate surface area is 110 Å². The van der Waals surface area contributed by atoms with E-state index in [1.54, 1.807) is 16.2 Å². The van der Waals surface area contributed by atoms with E-state index in [9.17, 15) is 4.79 Å². The summed E-state index contributed by atoms with van der Waals surface area (Å²) in [5.74, 6) is 0.0698. The molecule has 18 heavy (non-hydrogen) atoms. The first-order chi connectivity index (χ1) is 8.66. The number of para-hydroxylation sites is 1. The van der Waals surface area contributed by atoms with Gasteiger partial charge in [0, 0.05) is 22.5 Å². The van der Waals surface area contributed by atoms with Gasteiger partial charge in [-0.15, -0.1) is 11.3 Å². The molecule has 0 bridgehead atoms. The van der Waals surface area contributed by atoms with Crippen LogP contribution < -0.4 is 5.32 Å². The molecular formula is C14H14N2OS. The van der Waals surface area contributed by atoms with Crippen molar-refractivity contribution >= 4 is 22.9 Å². The zero-order chi connectivity index (χ0) is 12.7. The van der Waals surface area contributed by atoms with E-state index >= 15 is 0 Å². The molecule has 2 aromatic rings. The van der Waals surface area contributed by atoms with Crippen LogP contribution in [0.15, 0.2) is 36.4 Å². The van der Waals surface area contributed by atoms with Gasteiger partial charge in [0.05, 0.1) is 5.56 Å². The maximum atomic E-state index is 12.3. The van der Waals surface area contributed by atoms with Crippen molar-refractivity contribution < 1.29 is 4.79 Å². The number of anilines is 1. The molecule has 0 aliphatic carbocycles. The van der Waals surface area contributed by atoms with Crippen LogP contribution in [-0.2, 0) is 0 Å². The van der Waals surface area contributed by atoms with Gasteiger partial charge >= 0.3 is 0 Å². The van der Waals surface area contributed by atoms with Crippen LogP contribution in [-0.4, -0.2) is 17.9 Å². The van der Waals surface area contributed by atoms with Crippen molar-refractivity contribution in [3.63, 3.8) is 0 Å². The van der Waals surface area contributed by atoms with E-state index in [-0.39, 0.29) is 12.1 Å². The van der Waals surface area contributed by atoms with Gasteiger partial charge in [-0.1, -0.05) is 12.1 Å². The SMILES string of the molecule is Cc1ccc(C2Nc3ccccc3C(=O)N2C)s1. The van der Waals surface area contributed by atoms with E-state index in [2.05, 4.69) is 24.4 Å². The second-order valence-corrected chi connectivity index (χ2v) is 5.78. The molecule has 92 valence electrons. The third kappa shape index (κ3) is 1.69. The van der Waals surface area contributed by atoms with E-state index in [4.69, 9.17) is 0 Å². The zero-order valence-corrected chi connectivity index (χ0v) is 11.1. The van der Waals surface area contributed by atoms with E-state index < -0.39 is 0 Å². The van der Waals surface area contributed by atoms with Gasteiger partial charge in [0.1, 0.15) is 6.17 Å². The van der Waals surface area contributed by atoms with Crippen LogP contribution in [0.1, 0.15) is 26.3 Å². The molecule has 1 N–H and O–H groups in total. The number of carbonyl (C=O) groups excluding carboxylic acids is 1. The maximum absolute atomic E-state index is 12.3. The van der Waals surface area contributed by atoms with E-state index in [1.165, 1.54) is 4.88 Å². The number of fused-ring (bicyclic) bond motifs is 1. The standard InChI is InChI=1S/C14H14N2OS/c1-9-7-8-12(18-9)13-15-11-6-4-3-5-10(11)14(17)16(13)2/h3-8,13,15H,1-2H3. The Morgan fingerprint density at radius 3 is 2.72 bits per heavy atom. The maximum Gasteiger partial charge on any atom is 0.257 e. The fraction of sp³-hybridized carbons (Fsp3) is 0.214. The lowest BCUT2D eigenvalue weighted by Gasteiger charge is -2.34. The predicted octanol–water partition coefficient (Wildman–Crippen LogP) is 3.25. The quantitative estimate of drug-likeness (QED) is 0.851. The molecule has 3 nitrogen and oxygen atoms in total. The molecule has 1 aliphatic heterocycles. The molecule has 1 aromatic carbocycles. The zero-order valence-electron chi connectivity index (χ0n) is 10.3. The fourth-order valence-electron chi connectivity index (χ4n) is 2.21. The summed E-state index contributed by atoms with van der Waals surface area (Å²) < 4.78 is 0. The lowest BCUT2D eigenvalue weighted by atomic mass is 10.1. The highest BCUT2D eigenvalue weighted by Gasteiger charge is 2.30. The lowest BCUT2D eigenvalue weighted by Crippen LogP contribution is -2.39. The summed E-state index contributed by atoms with van der Waals surface area (Å²) in [5, 5.41) is 3.42. The van der Waals surface area contributed by atoms with Crippen molar-refractivity contribution in [3.05, 3.63) is 51.7 Å². The number of benzene rings is 1. The van der Waals surface area contributed by atoms with Gasteiger partial charge in [-0.05, 0) is 31.2 Å². The molecule has 1 aliphatic rings. The Balaban J connectivity index is 2.03. The molecule has 0 spiro atoms. The molecule has 4 heteroatoms. The Bertz CT molecular complexity index is 605. The van der Waals surface area contributed by atoms with Crippen molar-refractivity contribution in [3.8, 4) is 0 Å². The van der Waals surface area contributed by atoms with Gasteiger partial charge in [-0.2, -0.15) is 0 Å². The summed E-state index contributed by atoms with van der Waals surface area (Å²) in [7, 11) is 1.84. The Morgan fingerprint density at radius 1 is 1.22 bits per heavy atom. The minimum Gasteiger partial charge on any atom is -0.360 e. The summed E-state index contributed by atoms with van der Waals surface area (Å²) in [6.07, 6.45) is -0.0638. The summed E-state index contributed by atoms with van der Waals surface area (Å²) in [4.78, 5) is 16.5. The third-order valence-electron chi connectivity index (χ3n) is 3.19. The van der Waals surface area contributed by atoms with Gasteiger partial charge in [0.2, 0.25) is 0 Å². The molecule has 1 unspecified atom stereocenters. The van der Waals surface area contributed by atoms with Crippen LogP contribution in [0, 0.1) is 6.92 Å². The van der Waals surface area contributed by atoms with Crippen molar-refractivity contribution in [2.45, 2.75) is 13.1 Å². The first-order valence-corrected chi connectivity index (χ1v) is 6.67. The normalized spacial score (nSPS) is 18.4. The van der Waals surface area contributed by atoms with Crippen molar-refractivity contribution in [2.75, 3.05) is 12.4 Å². The number of aryl methyl sites for hydroxylation is 1. The number of nitrogens with zero attached hydrogens (tertiary/aromatic N) is 1. The second kappa shape index (κ2) is 4.14. The molecule has 0 fully saturated rings. The highest BCUT2D eigenvalue weighted by molar-refractivity contribution is 7.12. The van der Waals surface area contributed by atoms with Crippen LogP contribution in [0.2, 0.25) is 0 Å². The number of hydrogen-bond donors (Lipinski definition) is 1. The number of rotatable bonds is 1. The molecule has 1 aromatic heterocycles. The van der Waals surface area contributed by atoms with E-state index in [1.807, 2.05) is 31.3 Å². The largest absolute Gasteiger partial charge is 0.360 e. The van der Waals surface area contributed by atoms with Crippen LogP contribution >= 0.6 is 11.3 Å². The third-order valence-corrected chi connectivity index (χ3v) is 4.24. The molecule has 0 radical (unpaired) electrons. The van der Waals surface area contributed by atoms with Crippen LogP contribution in [0.4, 0.5) is 5.69 Å². The summed E-state index contributed by atoms with van der Waals surface area (Å²) >= 11 is 1.72. The molecular weight excluding hydrogens is 244 g/mol. The van der Waals surface area contributed by atoms with Crippen LogP contribution in [0.3, 0.4) is 0 Å². The molecule has 2 heterocycles. The van der Waals surface area contributed by atoms with E-state index in [0.717, 1.165) is 16.1 Å². The van der Waals surface area contributed by atoms with Crippen molar-refractivity contribution in [1.82, 2.24) is 4.90 Å². The van der Waals surface area contributed by atoms with Gasteiger partial charge in [-0.3, -0.25) is 4.79 Å². The highest BCUT2D eigenvalue weighted by atomic mass is 32.1. The minimum atomic E-state index is -0.0638. The van der Waals surface area contributed by atoms with Crippen LogP contribution in [0.25, 0.3) is 0 Å². The van der Waals surface area contributed by atoms with E-state index in [0.29, 0.717) is 0 Å². The molecule has 1 amide bonds. The van der Waals surface area contributed by atoms with Crippen molar-refractivity contribution in [2.24, 2.45) is 0 Å². The van der Waals surface area contributed by atoms with Gasteiger partial charge in [0.25, 0.3) is 5.91 Å². The number of carbonyl (C=O) groups is 1. The number of amides is 1. The summed E-state index contributed by atoms with van der Waals surface area (Å²) in [6, 6.07) is 11.8. The number of hydrogen-bond acceptors (Lipinski definition) is 3. The first-order valence-electron chi connectivity index (χ1n) is 5.86. The smallest absolute Gasteiger partial charge is 0.257 e. The predicted molar refractivity (Wildman–Crippen MR) is 74.0 cm³/mol. The molecule has 0 saturated heterocycles. The Hall–Kier alpha value is -1.81.